The molecule has 0 aromatic heterocycles. The molecule has 0 aliphatic heterocycles. The van der Waals surface area contributed by atoms with Gasteiger partial charge in [-0.2, -0.15) is 5.06 Å². The van der Waals surface area contributed by atoms with Crippen LogP contribution >= 0.6 is 0 Å². The molecule has 0 fully saturated rings. The van der Waals surface area contributed by atoms with Crippen molar-refractivity contribution in [3.8, 4) is 0 Å². The van der Waals surface area contributed by atoms with Crippen molar-refractivity contribution in [1.82, 2.24) is 5.06 Å². The second kappa shape index (κ2) is 4.91. The first kappa shape index (κ1) is 9.23. The molecule has 2 nitrogen and oxygen atoms in total. The van der Waals surface area contributed by atoms with E-state index in [2.05, 4.69) is 12.1 Å². The lowest BCUT2D eigenvalue weighted by atomic mass is 10.2. The van der Waals surface area contributed by atoms with Crippen LogP contribution in [-0.2, 0) is 11.4 Å². The first-order chi connectivity index (χ1) is 5.83. The molecule has 0 spiro atoms. The van der Waals surface area contributed by atoms with Crippen LogP contribution in [0.5, 0.6) is 0 Å². The SMILES string of the molecule is CCON(C)Cc1ccccc1. The fourth-order valence-corrected chi connectivity index (χ4v) is 1.11. The Morgan fingerprint density at radius 1 is 1.25 bits per heavy atom. The highest BCUT2D eigenvalue weighted by molar-refractivity contribution is 5.13. The highest BCUT2D eigenvalue weighted by atomic mass is 16.7. The van der Waals surface area contributed by atoms with Gasteiger partial charge in [0.25, 0.3) is 0 Å². The molecule has 0 atom stereocenters. The minimum atomic E-state index is 0.726. The minimum absolute atomic E-state index is 0.726. The van der Waals surface area contributed by atoms with E-state index in [1.807, 2.05) is 37.2 Å². The van der Waals surface area contributed by atoms with E-state index in [-0.39, 0.29) is 0 Å². The van der Waals surface area contributed by atoms with Gasteiger partial charge in [-0.15, -0.1) is 0 Å². The molecule has 66 valence electrons. The van der Waals surface area contributed by atoms with Gasteiger partial charge >= 0.3 is 0 Å². The van der Waals surface area contributed by atoms with Crippen molar-refractivity contribution >= 4 is 0 Å². The molecule has 0 aliphatic rings. The van der Waals surface area contributed by atoms with E-state index < -0.39 is 0 Å². The number of hydroxylamine groups is 2. The van der Waals surface area contributed by atoms with Crippen LogP contribution in [0.25, 0.3) is 0 Å². The zero-order chi connectivity index (χ0) is 8.81. The van der Waals surface area contributed by atoms with E-state index in [1.54, 1.807) is 0 Å². The van der Waals surface area contributed by atoms with Gasteiger partial charge in [-0.25, -0.2) is 0 Å². The Morgan fingerprint density at radius 2 is 1.92 bits per heavy atom. The van der Waals surface area contributed by atoms with Gasteiger partial charge in [0.15, 0.2) is 0 Å². The number of benzene rings is 1. The zero-order valence-electron chi connectivity index (χ0n) is 7.66. The first-order valence-corrected chi connectivity index (χ1v) is 4.21. The van der Waals surface area contributed by atoms with Gasteiger partial charge in [-0.05, 0) is 12.5 Å². The Labute approximate surface area is 73.7 Å². The van der Waals surface area contributed by atoms with Crippen molar-refractivity contribution in [2.45, 2.75) is 13.5 Å². The smallest absolute Gasteiger partial charge is 0.0656 e. The summed E-state index contributed by atoms with van der Waals surface area (Å²) >= 11 is 0. The van der Waals surface area contributed by atoms with Crippen molar-refractivity contribution < 1.29 is 4.84 Å². The van der Waals surface area contributed by atoms with Crippen molar-refractivity contribution in [3.63, 3.8) is 0 Å². The van der Waals surface area contributed by atoms with Crippen LogP contribution in [0.1, 0.15) is 12.5 Å². The monoisotopic (exact) mass is 165 g/mol. The third kappa shape index (κ3) is 3.03. The summed E-state index contributed by atoms with van der Waals surface area (Å²) in [5, 5.41) is 1.84. The number of hydrogen-bond donors (Lipinski definition) is 0. The van der Waals surface area contributed by atoms with Crippen molar-refractivity contribution in [2.24, 2.45) is 0 Å². The molecule has 0 radical (unpaired) electrons. The normalized spacial score (nSPS) is 10.6. The van der Waals surface area contributed by atoms with Gasteiger partial charge in [-0.3, -0.25) is 4.84 Å². The standard InChI is InChI=1S/C10H15NO/c1-3-12-11(2)9-10-7-5-4-6-8-10/h4-8H,3,9H2,1-2H3. The Hall–Kier alpha value is -0.860. The van der Waals surface area contributed by atoms with E-state index in [4.69, 9.17) is 4.84 Å². The number of rotatable bonds is 4. The van der Waals surface area contributed by atoms with E-state index in [1.165, 1.54) is 5.56 Å². The van der Waals surface area contributed by atoms with E-state index in [9.17, 15) is 0 Å². The molecule has 2 heteroatoms. The second-order valence-electron chi connectivity index (χ2n) is 2.69. The van der Waals surface area contributed by atoms with Gasteiger partial charge in [0.2, 0.25) is 0 Å². The first-order valence-electron chi connectivity index (χ1n) is 4.21. The Bertz CT molecular complexity index is 210. The maximum Gasteiger partial charge on any atom is 0.0656 e. The highest BCUT2D eigenvalue weighted by Gasteiger charge is 1.97. The topological polar surface area (TPSA) is 12.5 Å². The second-order valence-corrected chi connectivity index (χ2v) is 2.69. The van der Waals surface area contributed by atoms with Crippen molar-refractivity contribution in [3.05, 3.63) is 35.9 Å². The van der Waals surface area contributed by atoms with Gasteiger partial charge < -0.3 is 0 Å². The molecule has 0 heterocycles. The minimum Gasteiger partial charge on any atom is -0.299 e. The fourth-order valence-electron chi connectivity index (χ4n) is 1.11. The van der Waals surface area contributed by atoms with Crippen LogP contribution in [-0.4, -0.2) is 18.7 Å². The molecule has 0 saturated carbocycles. The fraction of sp³-hybridized carbons (Fsp3) is 0.400. The Kier molecular flexibility index (Phi) is 3.77. The summed E-state index contributed by atoms with van der Waals surface area (Å²) in [6.45, 7) is 3.56. The number of hydrogen-bond acceptors (Lipinski definition) is 2. The van der Waals surface area contributed by atoms with Gasteiger partial charge in [0, 0.05) is 13.6 Å². The maximum absolute atomic E-state index is 5.28. The molecule has 1 aromatic rings. The summed E-state index contributed by atoms with van der Waals surface area (Å²) in [6.07, 6.45) is 0. The van der Waals surface area contributed by atoms with Crippen molar-refractivity contribution in [2.75, 3.05) is 13.7 Å². The largest absolute Gasteiger partial charge is 0.299 e. The van der Waals surface area contributed by atoms with Crippen LogP contribution in [0, 0.1) is 0 Å². The van der Waals surface area contributed by atoms with Gasteiger partial charge in [0.1, 0.15) is 0 Å². The van der Waals surface area contributed by atoms with Crippen LogP contribution < -0.4 is 0 Å². The molecule has 12 heavy (non-hydrogen) atoms. The van der Waals surface area contributed by atoms with E-state index >= 15 is 0 Å². The summed E-state index contributed by atoms with van der Waals surface area (Å²) in [5.41, 5.74) is 1.27. The third-order valence-corrected chi connectivity index (χ3v) is 1.60. The van der Waals surface area contributed by atoms with Crippen molar-refractivity contribution in [1.29, 1.82) is 0 Å². The average Bonchev–Trinajstić information content (AvgIpc) is 2.06. The Balaban J connectivity index is 2.41. The third-order valence-electron chi connectivity index (χ3n) is 1.60. The quantitative estimate of drug-likeness (QED) is 0.633. The molecule has 1 aromatic carbocycles. The van der Waals surface area contributed by atoms with Crippen LogP contribution in [0.2, 0.25) is 0 Å². The predicted molar refractivity (Wildman–Crippen MR) is 49.5 cm³/mol. The Morgan fingerprint density at radius 3 is 2.50 bits per heavy atom. The van der Waals surface area contributed by atoms with E-state index in [0.717, 1.165) is 13.2 Å². The van der Waals surface area contributed by atoms with Crippen LogP contribution in [0.3, 0.4) is 0 Å². The lowest BCUT2D eigenvalue weighted by Gasteiger charge is -2.14. The molecular formula is C10H15NO. The average molecular weight is 165 g/mol. The van der Waals surface area contributed by atoms with Gasteiger partial charge in [-0.1, -0.05) is 30.3 Å². The highest BCUT2D eigenvalue weighted by Crippen LogP contribution is 2.02. The lowest BCUT2D eigenvalue weighted by molar-refractivity contribution is -0.141. The molecular weight excluding hydrogens is 150 g/mol. The maximum atomic E-state index is 5.28. The predicted octanol–water partition coefficient (Wildman–Crippen LogP) is 2.07. The molecule has 0 bridgehead atoms. The summed E-state index contributed by atoms with van der Waals surface area (Å²) in [5.74, 6) is 0. The van der Waals surface area contributed by atoms with Gasteiger partial charge in [0.05, 0.1) is 6.61 Å². The van der Waals surface area contributed by atoms with Crippen LogP contribution in [0.4, 0.5) is 0 Å². The molecule has 0 saturated heterocycles. The molecule has 0 aliphatic carbocycles. The molecule has 1 rings (SSSR count). The summed E-state index contributed by atoms with van der Waals surface area (Å²) < 4.78 is 0. The summed E-state index contributed by atoms with van der Waals surface area (Å²) in [7, 11) is 1.94. The molecule has 0 N–H and O–H groups in total. The van der Waals surface area contributed by atoms with E-state index in [0.29, 0.717) is 0 Å². The lowest BCUT2D eigenvalue weighted by Crippen LogP contribution is -2.17. The summed E-state index contributed by atoms with van der Waals surface area (Å²) in [6, 6.07) is 10.3. The zero-order valence-corrected chi connectivity index (χ0v) is 7.66. The van der Waals surface area contributed by atoms with Crippen LogP contribution in [0.15, 0.2) is 30.3 Å². The molecule has 0 amide bonds. The number of nitrogens with zero attached hydrogens (tertiary/aromatic N) is 1. The summed E-state index contributed by atoms with van der Waals surface area (Å²) in [4.78, 5) is 5.28. The molecule has 0 unspecified atom stereocenters.